The molecule has 4 aromatic rings. The number of benzene rings is 4. The van der Waals surface area contributed by atoms with Crippen LogP contribution in [0.1, 0.15) is 27.8 Å². The average Bonchev–Trinajstić information content (AvgIpc) is 2.79. The quantitative estimate of drug-likeness (QED) is 0.399. The predicted octanol–water partition coefficient (Wildman–Crippen LogP) is 6.28. The number of hydrogen-bond acceptors (Lipinski definition) is 1. The fourth-order valence-corrected chi connectivity index (χ4v) is 4.18. The Bertz CT molecular complexity index is 1020. The summed E-state index contributed by atoms with van der Waals surface area (Å²) < 4.78 is 0. The van der Waals surface area contributed by atoms with E-state index in [0.29, 0.717) is 0 Å². The minimum atomic E-state index is -0.974. The summed E-state index contributed by atoms with van der Waals surface area (Å²) in [7, 11) is 0. The topological polar surface area (TPSA) is 29.1 Å². The molecule has 1 amide bonds. The molecular formula is C28H25NO. The fourth-order valence-electron chi connectivity index (χ4n) is 4.18. The van der Waals surface area contributed by atoms with Crippen LogP contribution in [0.3, 0.4) is 0 Å². The van der Waals surface area contributed by atoms with E-state index in [4.69, 9.17) is 0 Å². The fraction of sp³-hybridized carbons (Fsp3) is 0.107. The first-order chi connectivity index (χ1) is 14.6. The number of carbonyl (C=O) groups is 1. The normalized spacial score (nSPS) is 11.1. The number of nitrogens with one attached hydrogen (secondary N) is 1. The van der Waals surface area contributed by atoms with E-state index in [9.17, 15) is 4.79 Å². The highest BCUT2D eigenvalue weighted by molar-refractivity contribution is 6.05. The van der Waals surface area contributed by atoms with Gasteiger partial charge in [0.2, 0.25) is 5.91 Å². The molecule has 2 heteroatoms. The second kappa shape index (κ2) is 8.38. The number of amides is 1. The zero-order chi connectivity index (χ0) is 21.0. The van der Waals surface area contributed by atoms with Crippen LogP contribution >= 0.6 is 0 Å². The van der Waals surface area contributed by atoms with Crippen LogP contribution in [0.2, 0.25) is 0 Å². The molecule has 0 aliphatic heterocycles. The summed E-state index contributed by atoms with van der Waals surface area (Å²) in [5.74, 6) is -0.0662. The lowest BCUT2D eigenvalue weighted by Gasteiger charge is -2.35. The SMILES string of the molecule is Cc1cccc(C)c1NC(=O)C(c1ccccc1)(c1ccccc1)c1ccccc1. The number of aryl methyl sites for hydroxylation is 2. The van der Waals surface area contributed by atoms with E-state index < -0.39 is 5.41 Å². The maximum Gasteiger partial charge on any atom is 0.244 e. The molecule has 1 N–H and O–H groups in total. The van der Waals surface area contributed by atoms with Crippen molar-refractivity contribution < 1.29 is 4.79 Å². The van der Waals surface area contributed by atoms with E-state index in [0.717, 1.165) is 33.5 Å². The Kier molecular flexibility index (Phi) is 5.49. The highest BCUT2D eigenvalue weighted by Crippen LogP contribution is 2.40. The standard InChI is InChI=1S/C28H25NO/c1-21-13-12-14-22(2)26(21)29-27(30)28(23-15-6-3-7-16-23,24-17-8-4-9-18-24)25-19-10-5-11-20-25/h3-20H,1-2H3,(H,29,30). The van der Waals surface area contributed by atoms with Crippen LogP contribution < -0.4 is 5.32 Å². The van der Waals surface area contributed by atoms with E-state index in [1.54, 1.807) is 0 Å². The zero-order valence-corrected chi connectivity index (χ0v) is 17.3. The van der Waals surface area contributed by atoms with Crippen molar-refractivity contribution in [2.24, 2.45) is 0 Å². The van der Waals surface area contributed by atoms with E-state index in [1.165, 1.54) is 0 Å². The van der Waals surface area contributed by atoms with Gasteiger partial charge in [-0.3, -0.25) is 4.79 Å². The van der Waals surface area contributed by atoms with Crippen molar-refractivity contribution in [3.63, 3.8) is 0 Å². The van der Waals surface area contributed by atoms with Gasteiger partial charge in [-0.2, -0.15) is 0 Å². The Morgan fingerprint density at radius 3 is 1.30 bits per heavy atom. The summed E-state index contributed by atoms with van der Waals surface area (Å²) in [6.07, 6.45) is 0. The lowest BCUT2D eigenvalue weighted by molar-refractivity contribution is -0.119. The first-order valence-electron chi connectivity index (χ1n) is 10.2. The molecule has 0 saturated heterocycles. The molecule has 4 aromatic carbocycles. The van der Waals surface area contributed by atoms with Crippen LogP contribution in [0.5, 0.6) is 0 Å². The third-order valence-corrected chi connectivity index (χ3v) is 5.68. The number of para-hydroxylation sites is 1. The minimum absolute atomic E-state index is 0.0662. The van der Waals surface area contributed by atoms with Crippen molar-refractivity contribution in [2.75, 3.05) is 5.32 Å². The second-order valence-electron chi connectivity index (χ2n) is 7.57. The Labute approximate surface area is 178 Å². The number of carbonyl (C=O) groups excluding carboxylic acids is 1. The molecule has 0 fully saturated rings. The lowest BCUT2D eigenvalue weighted by atomic mass is 9.68. The van der Waals surface area contributed by atoms with Crippen molar-refractivity contribution in [1.82, 2.24) is 0 Å². The van der Waals surface area contributed by atoms with Crippen LogP contribution in [0.4, 0.5) is 5.69 Å². The summed E-state index contributed by atoms with van der Waals surface area (Å²) in [5.41, 5.74) is 4.80. The third-order valence-electron chi connectivity index (χ3n) is 5.68. The van der Waals surface area contributed by atoms with Crippen LogP contribution in [-0.4, -0.2) is 5.91 Å². The molecular weight excluding hydrogens is 366 g/mol. The molecule has 4 rings (SSSR count). The Balaban J connectivity index is 1.99. The van der Waals surface area contributed by atoms with E-state index in [1.807, 2.05) is 123 Å². The van der Waals surface area contributed by atoms with Crippen LogP contribution in [-0.2, 0) is 10.2 Å². The van der Waals surface area contributed by atoms with Gasteiger partial charge in [0.25, 0.3) is 0 Å². The third kappa shape index (κ3) is 3.42. The van der Waals surface area contributed by atoms with Crippen molar-refractivity contribution in [3.8, 4) is 0 Å². The molecule has 0 aliphatic rings. The molecule has 0 aromatic heterocycles. The van der Waals surface area contributed by atoms with Gasteiger partial charge < -0.3 is 5.32 Å². The maximum atomic E-state index is 14.2. The monoisotopic (exact) mass is 391 g/mol. The molecule has 0 bridgehead atoms. The largest absolute Gasteiger partial charge is 0.324 e. The molecule has 0 heterocycles. The van der Waals surface area contributed by atoms with Gasteiger partial charge in [-0.15, -0.1) is 0 Å². The molecule has 0 aliphatic carbocycles. The van der Waals surface area contributed by atoms with Gasteiger partial charge >= 0.3 is 0 Å². The molecule has 148 valence electrons. The summed E-state index contributed by atoms with van der Waals surface area (Å²) >= 11 is 0. The molecule has 30 heavy (non-hydrogen) atoms. The molecule has 2 nitrogen and oxygen atoms in total. The molecule has 0 unspecified atom stereocenters. The van der Waals surface area contributed by atoms with Crippen molar-refractivity contribution in [3.05, 3.63) is 137 Å². The molecule has 0 spiro atoms. The van der Waals surface area contributed by atoms with E-state index >= 15 is 0 Å². The van der Waals surface area contributed by atoms with Gasteiger partial charge in [0.15, 0.2) is 0 Å². The lowest BCUT2D eigenvalue weighted by Crippen LogP contribution is -2.42. The smallest absolute Gasteiger partial charge is 0.244 e. The summed E-state index contributed by atoms with van der Waals surface area (Å²) in [6.45, 7) is 4.05. The first kappa shape index (κ1) is 19.7. The Morgan fingerprint density at radius 1 is 0.567 bits per heavy atom. The number of rotatable bonds is 5. The number of anilines is 1. The van der Waals surface area contributed by atoms with Crippen LogP contribution in [0.15, 0.2) is 109 Å². The Morgan fingerprint density at radius 2 is 0.933 bits per heavy atom. The highest BCUT2D eigenvalue weighted by atomic mass is 16.2. The van der Waals surface area contributed by atoms with Gasteiger partial charge in [-0.05, 0) is 41.7 Å². The number of hydrogen-bond donors (Lipinski definition) is 1. The first-order valence-corrected chi connectivity index (χ1v) is 10.2. The second-order valence-corrected chi connectivity index (χ2v) is 7.57. The Hall–Kier alpha value is -3.65. The van der Waals surface area contributed by atoms with Crippen LogP contribution in [0.25, 0.3) is 0 Å². The zero-order valence-electron chi connectivity index (χ0n) is 17.3. The molecule has 0 saturated carbocycles. The average molecular weight is 392 g/mol. The summed E-state index contributed by atoms with van der Waals surface area (Å²) in [5, 5.41) is 3.28. The maximum absolute atomic E-state index is 14.2. The van der Waals surface area contributed by atoms with Gasteiger partial charge in [0.05, 0.1) is 0 Å². The minimum Gasteiger partial charge on any atom is -0.324 e. The van der Waals surface area contributed by atoms with E-state index in [2.05, 4.69) is 5.32 Å². The summed E-state index contributed by atoms with van der Waals surface area (Å²) in [4.78, 5) is 14.2. The van der Waals surface area contributed by atoms with Crippen molar-refractivity contribution >= 4 is 11.6 Å². The van der Waals surface area contributed by atoms with E-state index in [-0.39, 0.29) is 5.91 Å². The van der Waals surface area contributed by atoms with Crippen LogP contribution in [0, 0.1) is 13.8 Å². The highest BCUT2D eigenvalue weighted by Gasteiger charge is 2.44. The van der Waals surface area contributed by atoms with Gasteiger partial charge in [0.1, 0.15) is 5.41 Å². The summed E-state index contributed by atoms with van der Waals surface area (Å²) in [6, 6.07) is 36.1. The molecule has 0 radical (unpaired) electrons. The predicted molar refractivity (Wildman–Crippen MR) is 124 cm³/mol. The van der Waals surface area contributed by atoms with Crippen molar-refractivity contribution in [2.45, 2.75) is 19.3 Å². The molecule has 0 atom stereocenters. The van der Waals surface area contributed by atoms with Gasteiger partial charge in [-0.1, -0.05) is 109 Å². The van der Waals surface area contributed by atoms with Gasteiger partial charge in [0, 0.05) is 5.69 Å². The van der Waals surface area contributed by atoms with Crippen molar-refractivity contribution in [1.29, 1.82) is 0 Å². The van der Waals surface area contributed by atoms with Gasteiger partial charge in [-0.25, -0.2) is 0 Å².